The van der Waals surface area contributed by atoms with Gasteiger partial charge >= 0.3 is 0 Å². The van der Waals surface area contributed by atoms with Crippen molar-refractivity contribution < 1.29 is 9.47 Å². The fourth-order valence-corrected chi connectivity index (χ4v) is 1.75. The van der Waals surface area contributed by atoms with E-state index >= 15 is 0 Å². The zero-order valence-corrected chi connectivity index (χ0v) is 11.8. The minimum Gasteiger partial charge on any atom is -0.454 e. The van der Waals surface area contributed by atoms with E-state index in [4.69, 9.17) is 32.7 Å². The highest BCUT2D eigenvalue weighted by molar-refractivity contribution is 6.32. The number of methoxy groups -OCH3 is 1. The van der Waals surface area contributed by atoms with Crippen LogP contribution in [0, 0.1) is 0 Å². The van der Waals surface area contributed by atoms with Gasteiger partial charge in [0, 0.05) is 13.2 Å². The molecule has 0 unspecified atom stereocenters. The van der Waals surface area contributed by atoms with Crippen molar-refractivity contribution in [1.29, 1.82) is 0 Å². The number of benzene rings is 1. The summed E-state index contributed by atoms with van der Waals surface area (Å²) in [6, 6.07) is 9.18. The first-order chi connectivity index (χ1) is 9.19. The van der Waals surface area contributed by atoms with Crippen molar-refractivity contribution in [2.75, 3.05) is 13.7 Å². The van der Waals surface area contributed by atoms with Crippen LogP contribution < -0.4 is 4.74 Å². The number of hydrogen-bond donors (Lipinski definition) is 0. The zero-order chi connectivity index (χ0) is 13.7. The van der Waals surface area contributed by atoms with E-state index in [-0.39, 0.29) is 10.3 Å². The Balaban J connectivity index is 2.08. The van der Waals surface area contributed by atoms with Crippen LogP contribution in [0.15, 0.2) is 30.3 Å². The molecular weight excluding hydrogens is 287 g/mol. The topological polar surface area (TPSA) is 44.2 Å². The Labute approximate surface area is 121 Å². The van der Waals surface area contributed by atoms with Crippen LogP contribution in [0.25, 0.3) is 0 Å². The molecule has 2 aromatic rings. The first-order valence-corrected chi connectivity index (χ1v) is 6.39. The molecule has 0 radical (unpaired) electrons. The van der Waals surface area contributed by atoms with Gasteiger partial charge in [0.25, 0.3) is 0 Å². The molecule has 0 atom stereocenters. The Morgan fingerprint density at radius 1 is 1.11 bits per heavy atom. The molecule has 1 aromatic heterocycles. The average Bonchev–Trinajstić information content (AvgIpc) is 2.42. The molecule has 0 saturated heterocycles. The van der Waals surface area contributed by atoms with Gasteiger partial charge in [0.15, 0.2) is 16.1 Å². The molecule has 0 fully saturated rings. The fraction of sp³-hybridized carbons (Fsp3) is 0.231. The molecule has 19 heavy (non-hydrogen) atoms. The first-order valence-electron chi connectivity index (χ1n) is 5.63. The number of aromatic nitrogens is 2. The van der Waals surface area contributed by atoms with Gasteiger partial charge in [-0.1, -0.05) is 35.3 Å². The Hall–Kier alpha value is -1.36. The van der Waals surface area contributed by atoms with Crippen LogP contribution in [-0.2, 0) is 11.2 Å². The van der Waals surface area contributed by atoms with Crippen molar-refractivity contribution >= 4 is 23.2 Å². The van der Waals surface area contributed by atoms with Crippen molar-refractivity contribution in [1.82, 2.24) is 10.2 Å². The predicted molar refractivity (Wildman–Crippen MR) is 74.1 cm³/mol. The average molecular weight is 299 g/mol. The van der Waals surface area contributed by atoms with Crippen molar-refractivity contribution in [3.8, 4) is 11.5 Å². The van der Waals surface area contributed by atoms with Crippen molar-refractivity contribution in [2.45, 2.75) is 6.42 Å². The summed E-state index contributed by atoms with van der Waals surface area (Å²) in [6.07, 6.45) is 0.861. The van der Waals surface area contributed by atoms with Crippen LogP contribution in [0.3, 0.4) is 0 Å². The Morgan fingerprint density at radius 3 is 2.53 bits per heavy atom. The predicted octanol–water partition coefficient (Wildman–Crippen LogP) is 3.76. The highest BCUT2D eigenvalue weighted by atomic mass is 35.5. The monoisotopic (exact) mass is 298 g/mol. The third kappa shape index (κ3) is 4.06. The van der Waals surface area contributed by atoms with Gasteiger partial charge in [-0.05, 0) is 24.1 Å². The second-order valence-corrected chi connectivity index (χ2v) is 4.56. The van der Waals surface area contributed by atoms with Gasteiger partial charge in [0.05, 0.1) is 6.61 Å². The SMILES string of the molecule is COCCc1ccc(Oc2cc(Cl)nnc2Cl)cc1. The second-order valence-electron chi connectivity index (χ2n) is 3.81. The molecule has 6 heteroatoms. The van der Waals surface area contributed by atoms with E-state index in [0.29, 0.717) is 18.1 Å². The Bertz CT molecular complexity index is 547. The Kier molecular flexibility index (Phi) is 4.96. The summed E-state index contributed by atoms with van der Waals surface area (Å²) in [7, 11) is 1.68. The maximum absolute atomic E-state index is 5.87. The number of halogens is 2. The lowest BCUT2D eigenvalue weighted by Gasteiger charge is -2.07. The molecule has 100 valence electrons. The van der Waals surface area contributed by atoms with Crippen molar-refractivity contribution in [3.05, 3.63) is 46.2 Å². The van der Waals surface area contributed by atoms with Crippen molar-refractivity contribution in [2.24, 2.45) is 0 Å². The molecule has 0 saturated carbocycles. The molecule has 1 heterocycles. The summed E-state index contributed by atoms with van der Waals surface area (Å²) < 4.78 is 10.6. The van der Waals surface area contributed by atoms with Gasteiger partial charge in [0.2, 0.25) is 0 Å². The summed E-state index contributed by atoms with van der Waals surface area (Å²) in [5.74, 6) is 1.04. The number of rotatable bonds is 5. The number of hydrogen-bond acceptors (Lipinski definition) is 4. The van der Waals surface area contributed by atoms with Gasteiger partial charge in [-0.15, -0.1) is 10.2 Å². The summed E-state index contributed by atoms with van der Waals surface area (Å²) >= 11 is 11.6. The van der Waals surface area contributed by atoms with Gasteiger partial charge < -0.3 is 9.47 Å². The minimum absolute atomic E-state index is 0.174. The van der Waals surface area contributed by atoms with Crippen molar-refractivity contribution in [3.63, 3.8) is 0 Å². The molecule has 0 aliphatic rings. The molecule has 0 N–H and O–H groups in total. The summed E-state index contributed by atoms with van der Waals surface area (Å²) in [5, 5.41) is 7.70. The lowest BCUT2D eigenvalue weighted by molar-refractivity contribution is 0.202. The quantitative estimate of drug-likeness (QED) is 0.843. The van der Waals surface area contributed by atoms with E-state index in [1.165, 1.54) is 11.6 Å². The molecule has 2 rings (SSSR count). The number of nitrogens with zero attached hydrogens (tertiary/aromatic N) is 2. The van der Waals surface area contributed by atoms with Crippen LogP contribution in [0.1, 0.15) is 5.56 Å². The third-order valence-electron chi connectivity index (χ3n) is 2.43. The normalized spacial score (nSPS) is 10.5. The van der Waals surface area contributed by atoms with Gasteiger partial charge in [-0.2, -0.15) is 0 Å². The maximum Gasteiger partial charge on any atom is 0.194 e. The van der Waals surface area contributed by atoms with Crippen LogP contribution >= 0.6 is 23.2 Å². The standard InChI is InChI=1S/C13H12Cl2N2O2/c1-18-7-6-9-2-4-10(5-3-9)19-11-8-12(14)16-17-13(11)15/h2-5,8H,6-7H2,1H3. The van der Waals surface area contributed by atoms with E-state index < -0.39 is 0 Å². The molecule has 1 aromatic carbocycles. The van der Waals surface area contributed by atoms with Crippen LogP contribution in [-0.4, -0.2) is 23.9 Å². The molecule has 0 aliphatic carbocycles. The number of ether oxygens (including phenoxy) is 2. The molecule has 0 aliphatic heterocycles. The fourth-order valence-electron chi connectivity index (χ4n) is 1.48. The maximum atomic E-state index is 5.87. The van der Waals surface area contributed by atoms with Gasteiger partial charge in [0.1, 0.15) is 5.75 Å². The molecule has 0 spiro atoms. The van der Waals surface area contributed by atoms with Crippen LogP contribution in [0.5, 0.6) is 11.5 Å². The summed E-state index contributed by atoms with van der Waals surface area (Å²) in [6.45, 7) is 0.690. The highest BCUT2D eigenvalue weighted by Gasteiger charge is 2.06. The van der Waals surface area contributed by atoms with E-state index in [9.17, 15) is 0 Å². The zero-order valence-electron chi connectivity index (χ0n) is 10.3. The van der Waals surface area contributed by atoms with E-state index in [0.717, 1.165) is 6.42 Å². The second kappa shape index (κ2) is 6.70. The minimum atomic E-state index is 0.174. The van der Waals surface area contributed by atoms with Crippen LogP contribution in [0.2, 0.25) is 10.3 Å². The Morgan fingerprint density at radius 2 is 1.84 bits per heavy atom. The molecular formula is C13H12Cl2N2O2. The van der Waals surface area contributed by atoms with E-state index in [2.05, 4.69) is 10.2 Å². The lowest BCUT2D eigenvalue weighted by atomic mass is 10.1. The van der Waals surface area contributed by atoms with Gasteiger partial charge in [-0.25, -0.2) is 0 Å². The van der Waals surface area contributed by atoms with Crippen LogP contribution in [0.4, 0.5) is 0 Å². The lowest BCUT2D eigenvalue weighted by Crippen LogP contribution is -1.94. The summed E-state index contributed by atoms with van der Waals surface area (Å²) in [5.41, 5.74) is 1.17. The molecule has 0 bridgehead atoms. The smallest absolute Gasteiger partial charge is 0.194 e. The van der Waals surface area contributed by atoms with E-state index in [1.54, 1.807) is 7.11 Å². The van der Waals surface area contributed by atoms with Gasteiger partial charge in [-0.3, -0.25) is 0 Å². The molecule has 4 nitrogen and oxygen atoms in total. The largest absolute Gasteiger partial charge is 0.454 e. The van der Waals surface area contributed by atoms with E-state index in [1.807, 2.05) is 24.3 Å². The highest BCUT2D eigenvalue weighted by Crippen LogP contribution is 2.28. The summed E-state index contributed by atoms with van der Waals surface area (Å²) in [4.78, 5) is 0. The molecule has 0 amide bonds. The third-order valence-corrected chi connectivity index (χ3v) is 2.88. The first kappa shape index (κ1) is 14.1.